The molecule has 2 aromatic heterocycles. The minimum atomic E-state index is -1.07. The van der Waals surface area contributed by atoms with Crippen LogP contribution in [0.25, 0.3) is 27.7 Å². The smallest absolute Gasteiger partial charge is 0.157 e. The van der Waals surface area contributed by atoms with E-state index in [1.54, 1.807) is 22.7 Å². The average molecular weight is 333 g/mol. The van der Waals surface area contributed by atoms with Crippen molar-refractivity contribution in [3.8, 4) is 23.6 Å². The molecule has 1 atom stereocenters. The predicted octanol–water partition coefficient (Wildman–Crippen LogP) is 4.47. The molecule has 116 valence electrons. The van der Waals surface area contributed by atoms with Crippen molar-refractivity contribution >= 4 is 28.0 Å². The van der Waals surface area contributed by atoms with Crippen molar-refractivity contribution in [3.63, 3.8) is 0 Å². The van der Waals surface area contributed by atoms with Gasteiger partial charge in [0.25, 0.3) is 0 Å². The molecule has 0 amide bonds. The van der Waals surface area contributed by atoms with E-state index in [1.165, 1.54) is 0 Å². The van der Waals surface area contributed by atoms with Crippen LogP contribution in [-0.2, 0) is 0 Å². The Hall–Kier alpha value is -2.80. The number of halogens is 1. The van der Waals surface area contributed by atoms with Crippen molar-refractivity contribution < 1.29 is 5.11 Å². The maximum absolute atomic E-state index is 10.3. The lowest BCUT2D eigenvalue weighted by molar-refractivity contribution is 0.233. The quantitative estimate of drug-likeness (QED) is 0.550. The number of hydrogen-bond donors (Lipinski definition) is 1. The zero-order valence-electron chi connectivity index (χ0n) is 12.6. The third kappa shape index (κ3) is 2.25. The summed E-state index contributed by atoms with van der Waals surface area (Å²) in [7, 11) is 0. The molecule has 0 radical (unpaired) electrons. The molecule has 0 bridgehead atoms. The Morgan fingerprint density at radius 1 is 1.08 bits per heavy atom. The summed E-state index contributed by atoms with van der Waals surface area (Å²) in [5.41, 5.74) is 2.65. The molecule has 3 nitrogen and oxygen atoms in total. The summed E-state index contributed by atoms with van der Waals surface area (Å²) < 4.78 is 1.75. The average Bonchev–Trinajstić information content (AvgIpc) is 3.01. The number of aromatic nitrogens is 2. The highest BCUT2D eigenvalue weighted by Crippen LogP contribution is 2.32. The van der Waals surface area contributed by atoms with Crippen LogP contribution < -0.4 is 0 Å². The summed E-state index contributed by atoms with van der Waals surface area (Å²) in [6, 6.07) is 17.7. The molecule has 0 saturated carbocycles. The summed E-state index contributed by atoms with van der Waals surface area (Å²) in [5, 5.41) is 13.1. The number of rotatable bonds is 2. The van der Waals surface area contributed by atoms with Gasteiger partial charge in [0.05, 0.1) is 16.4 Å². The fourth-order valence-electron chi connectivity index (χ4n) is 2.94. The van der Waals surface area contributed by atoms with E-state index in [0.717, 1.165) is 16.3 Å². The van der Waals surface area contributed by atoms with Crippen LogP contribution in [0, 0.1) is 12.3 Å². The molecule has 0 aliphatic rings. The number of aliphatic hydroxyl groups is 1. The SMILES string of the molecule is C#CC(O)c1c(-c2ccc3ccccc3c2)nc2c(Cl)cccn12. The number of terminal acetylenes is 1. The number of imidazole rings is 1. The van der Waals surface area contributed by atoms with Crippen molar-refractivity contribution in [2.24, 2.45) is 0 Å². The maximum Gasteiger partial charge on any atom is 0.157 e. The summed E-state index contributed by atoms with van der Waals surface area (Å²) in [6.07, 6.45) is 6.19. The molecule has 1 unspecified atom stereocenters. The Kier molecular flexibility index (Phi) is 3.50. The Labute approximate surface area is 144 Å². The fraction of sp³-hybridized carbons (Fsp3) is 0.0500. The second kappa shape index (κ2) is 5.68. The van der Waals surface area contributed by atoms with Crippen molar-refractivity contribution in [1.29, 1.82) is 0 Å². The van der Waals surface area contributed by atoms with Crippen molar-refractivity contribution in [2.45, 2.75) is 6.10 Å². The van der Waals surface area contributed by atoms with Gasteiger partial charge >= 0.3 is 0 Å². The van der Waals surface area contributed by atoms with Crippen LogP contribution in [0.2, 0.25) is 5.02 Å². The normalized spacial score (nSPS) is 12.4. The van der Waals surface area contributed by atoms with Crippen molar-refractivity contribution in [1.82, 2.24) is 9.38 Å². The molecule has 2 aromatic carbocycles. The summed E-state index contributed by atoms with van der Waals surface area (Å²) >= 11 is 6.26. The first-order chi connectivity index (χ1) is 11.7. The lowest BCUT2D eigenvalue weighted by Crippen LogP contribution is -2.01. The maximum atomic E-state index is 10.3. The minimum Gasteiger partial charge on any atom is -0.374 e. The molecule has 4 rings (SSSR count). The number of hydrogen-bond acceptors (Lipinski definition) is 2. The standard InChI is InChI=1S/C20H13ClN2O/c1-2-17(24)19-18(22-20-16(21)8-5-11-23(19)20)15-10-9-13-6-3-4-7-14(13)12-15/h1,3-12,17,24H. The first-order valence-electron chi connectivity index (χ1n) is 7.49. The summed E-state index contributed by atoms with van der Waals surface area (Å²) in [5.74, 6) is 2.38. The van der Waals surface area contributed by atoms with Gasteiger partial charge in [0.1, 0.15) is 0 Å². The summed E-state index contributed by atoms with van der Waals surface area (Å²) in [6.45, 7) is 0. The van der Waals surface area contributed by atoms with Gasteiger partial charge in [-0.2, -0.15) is 0 Å². The summed E-state index contributed by atoms with van der Waals surface area (Å²) in [4.78, 5) is 4.63. The Balaban J connectivity index is 2.04. The van der Waals surface area contributed by atoms with Crippen LogP contribution in [0.15, 0.2) is 60.8 Å². The number of nitrogens with zero attached hydrogens (tertiary/aromatic N) is 2. The fourth-order valence-corrected chi connectivity index (χ4v) is 3.15. The van der Waals surface area contributed by atoms with E-state index in [0.29, 0.717) is 22.1 Å². The number of pyridine rings is 1. The highest BCUT2D eigenvalue weighted by molar-refractivity contribution is 6.33. The lowest BCUT2D eigenvalue weighted by Gasteiger charge is -2.08. The van der Waals surface area contributed by atoms with E-state index in [-0.39, 0.29) is 0 Å². The Morgan fingerprint density at radius 3 is 2.67 bits per heavy atom. The first kappa shape index (κ1) is 14.8. The van der Waals surface area contributed by atoms with Gasteiger partial charge in [-0.3, -0.25) is 4.40 Å². The number of aliphatic hydroxyl groups excluding tert-OH is 1. The lowest BCUT2D eigenvalue weighted by atomic mass is 10.0. The molecule has 0 aliphatic heterocycles. The van der Waals surface area contributed by atoms with Gasteiger partial charge in [-0.15, -0.1) is 6.42 Å². The molecule has 24 heavy (non-hydrogen) atoms. The minimum absolute atomic E-state index is 0.509. The van der Waals surface area contributed by atoms with Crippen LogP contribution in [0.1, 0.15) is 11.8 Å². The van der Waals surface area contributed by atoms with Crippen LogP contribution >= 0.6 is 11.6 Å². The predicted molar refractivity (Wildman–Crippen MR) is 96.9 cm³/mol. The molecule has 0 spiro atoms. The van der Waals surface area contributed by atoms with Crippen molar-refractivity contribution in [2.75, 3.05) is 0 Å². The monoisotopic (exact) mass is 332 g/mol. The van der Waals surface area contributed by atoms with E-state index in [2.05, 4.69) is 17.0 Å². The molecule has 0 aliphatic carbocycles. The van der Waals surface area contributed by atoms with Gasteiger partial charge in [0.15, 0.2) is 11.8 Å². The molecular formula is C20H13ClN2O. The van der Waals surface area contributed by atoms with E-state index >= 15 is 0 Å². The molecule has 1 N–H and O–H groups in total. The molecule has 0 fully saturated rings. The molecule has 0 saturated heterocycles. The molecule has 4 aromatic rings. The largest absolute Gasteiger partial charge is 0.374 e. The molecular weight excluding hydrogens is 320 g/mol. The Bertz CT molecular complexity index is 1110. The second-order valence-electron chi connectivity index (χ2n) is 5.53. The van der Waals surface area contributed by atoms with Gasteiger partial charge < -0.3 is 5.11 Å². The van der Waals surface area contributed by atoms with Gasteiger partial charge in [-0.25, -0.2) is 4.98 Å². The highest BCUT2D eigenvalue weighted by Gasteiger charge is 2.20. The topological polar surface area (TPSA) is 37.5 Å². The first-order valence-corrected chi connectivity index (χ1v) is 7.86. The van der Waals surface area contributed by atoms with Crippen LogP contribution in [0.4, 0.5) is 0 Å². The van der Waals surface area contributed by atoms with Crippen molar-refractivity contribution in [3.05, 3.63) is 71.5 Å². The molecule has 2 heterocycles. The van der Waals surface area contributed by atoms with Gasteiger partial charge in [-0.1, -0.05) is 53.9 Å². The van der Waals surface area contributed by atoms with Crippen LogP contribution in [0.3, 0.4) is 0 Å². The van der Waals surface area contributed by atoms with E-state index in [4.69, 9.17) is 18.0 Å². The Morgan fingerprint density at radius 2 is 1.88 bits per heavy atom. The highest BCUT2D eigenvalue weighted by atomic mass is 35.5. The van der Waals surface area contributed by atoms with Gasteiger partial charge in [-0.05, 0) is 29.0 Å². The van der Waals surface area contributed by atoms with E-state index in [9.17, 15) is 5.11 Å². The third-order valence-corrected chi connectivity index (χ3v) is 4.37. The third-order valence-electron chi connectivity index (χ3n) is 4.08. The zero-order chi connectivity index (χ0) is 16.7. The van der Waals surface area contributed by atoms with E-state index < -0.39 is 6.10 Å². The van der Waals surface area contributed by atoms with Gasteiger partial charge in [0, 0.05) is 11.8 Å². The van der Waals surface area contributed by atoms with Gasteiger partial charge in [0.2, 0.25) is 0 Å². The zero-order valence-corrected chi connectivity index (χ0v) is 13.4. The van der Waals surface area contributed by atoms with Crippen LogP contribution in [0.5, 0.6) is 0 Å². The second-order valence-corrected chi connectivity index (χ2v) is 5.93. The number of benzene rings is 2. The molecule has 4 heteroatoms. The van der Waals surface area contributed by atoms with E-state index in [1.807, 2.05) is 36.4 Å². The number of fused-ring (bicyclic) bond motifs is 2. The van der Waals surface area contributed by atoms with Crippen LogP contribution in [-0.4, -0.2) is 14.5 Å².